The highest BCUT2D eigenvalue weighted by molar-refractivity contribution is 9.10. The van der Waals surface area contributed by atoms with E-state index in [4.69, 9.17) is 10.5 Å². The van der Waals surface area contributed by atoms with Gasteiger partial charge >= 0.3 is 0 Å². The Morgan fingerprint density at radius 2 is 1.76 bits per heavy atom. The Balaban J connectivity index is 1.77. The van der Waals surface area contributed by atoms with Crippen LogP contribution in [0.15, 0.2) is 53.0 Å². The van der Waals surface area contributed by atoms with Gasteiger partial charge in [-0.2, -0.15) is 0 Å². The smallest absolute Gasteiger partial charge is 0.0738 e. The van der Waals surface area contributed by atoms with Gasteiger partial charge < -0.3 is 10.5 Å². The maximum Gasteiger partial charge on any atom is 0.0738 e. The molecular weight excluding hydrogens is 346 g/mol. The summed E-state index contributed by atoms with van der Waals surface area (Å²) in [7, 11) is 0. The van der Waals surface area contributed by atoms with Gasteiger partial charge in [-0.05, 0) is 23.1 Å². The zero-order valence-electron chi connectivity index (χ0n) is 11.5. The summed E-state index contributed by atoms with van der Waals surface area (Å²) < 4.78 is 8.27. The molecule has 1 aromatic heterocycles. The van der Waals surface area contributed by atoms with Crippen LogP contribution in [0.25, 0.3) is 10.1 Å². The monoisotopic (exact) mass is 361 g/mol. The highest BCUT2D eigenvalue weighted by Gasteiger charge is 2.11. The van der Waals surface area contributed by atoms with Gasteiger partial charge in [-0.1, -0.05) is 52.3 Å². The van der Waals surface area contributed by atoms with Gasteiger partial charge in [0.15, 0.2) is 0 Å². The van der Waals surface area contributed by atoms with Crippen LogP contribution < -0.4 is 5.73 Å². The summed E-state index contributed by atoms with van der Waals surface area (Å²) in [6.07, 6.45) is 0. The Hall–Kier alpha value is -1.20. The number of benzene rings is 2. The Morgan fingerprint density at radius 1 is 1.00 bits per heavy atom. The van der Waals surface area contributed by atoms with Crippen LogP contribution in [0.5, 0.6) is 0 Å². The number of hydrogen-bond acceptors (Lipinski definition) is 3. The third-order valence-electron chi connectivity index (χ3n) is 3.43. The number of thiophene rings is 1. The van der Waals surface area contributed by atoms with E-state index in [-0.39, 0.29) is 0 Å². The van der Waals surface area contributed by atoms with Crippen LogP contribution >= 0.6 is 27.3 Å². The third-order valence-corrected chi connectivity index (χ3v) is 5.44. The Morgan fingerprint density at radius 3 is 2.57 bits per heavy atom. The first-order valence-corrected chi connectivity index (χ1v) is 8.41. The number of rotatable bonds is 5. The van der Waals surface area contributed by atoms with Crippen LogP contribution in [-0.2, 0) is 24.5 Å². The number of halogens is 1. The van der Waals surface area contributed by atoms with Crippen molar-refractivity contribution in [1.29, 1.82) is 0 Å². The minimum absolute atomic E-state index is 0.563. The quantitative estimate of drug-likeness (QED) is 0.705. The molecule has 2 aromatic carbocycles. The van der Waals surface area contributed by atoms with Gasteiger partial charge in [0.05, 0.1) is 13.2 Å². The maximum atomic E-state index is 5.92. The fourth-order valence-corrected chi connectivity index (χ4v) is 3.84. The van der Waals surface area contributed by atoms with E-state index in [2.05, 4.69) is 46.3 Å². The Kier molecular flexibility index (Phi) is 4.70. The van der Waals surface area contributed by atoms with E-state index in [1.807, 2.05) is 18.2 Å². The lowest BCUT2D eigenvalue weighted by atomic mass is 10.1. The summed E-state index contributed by atoms with van der Waals surface area (Å²) in [5.41, 5.74) is 8.25. The Bertz CT molecular complexity index is 753. The van der Waals surface area contributed by atoms with Gasteiger partial charge in [-0.15, -0.1) is 11.3 Å². The molecule has 0 aliphatic carbocycles. The molecule has 0 unspecified atom stereocenters. The average molecular weight is 362 g/mol. The number of nitrogens with two attached hydrogens (primary N) is 1. The molecule has 0 atom stereocenters. The predicted molar refractivity (Wildman–Crippen MR) is 92.4 cm³/mol. The summed E-state index contributed by atoms with van der Waals surface area (Å²) in [6.45, 7) is 1.75. The molecule has 0 saturated carbocycles. The SMILES string of the molecule is NCc1sc2ccccc2c1COCc1ccccc1Br. The van der Waals surface area contributed by atoms with Gasteiger partial charge in [-0.25, -0.2) is 0 Å². The zero-order valence-corrected chi connectivity index (χ0v) is 13.9. The fraction of sp³-hybridized carbons (Fsp3) is 0.176. The number of ether oxygens (including phenoxy) is 1. The molecule has 2 N–H and O–H groups in total. The minimum atomic E-state index is 0.563. The van der Waals surface area contributed by atoms with E-state index in [9.17, 15) is 0 Å². The molecule has 0 fully saturated rings. The van der Waals surface area contributed by atoms with Gasteiger partial charge in [-0.3, -0.25) is 0 Å². The molecule has 3 aromatic rings. The predicted octanol–water partition coefficient (Wildman–Crippen LogP) is 4.84. The molecule has 2 nitrogen and oxygen atoms in total. The summed E-state index contributed by atoms with van der Waals surface area (Å²) in [6, 6.07) is 16.5. The highest BCUT2D eigenvalue weighted by atomic mass is 79.9. The molecule has 108 valence electrons. The molecule has 0 bridgehead atoms. The average Bonchev–Trinajstić information content (AvgIpc) is 2.87. The molecule has 0 amide bonds. The summed E-state index contributed by atoms with van der Waals surface area (Å²) >= 11 is 5.30. The second-order valence-corrected chi connectivity index (χ2v) is 6.78. The standard InChI is InChI=1S/C17H16BrNOS/c18-15-7-3-1-5-12(15)10-20-11-14-13-6-2-4-8-16(13)21-17(14)9-19/h1-8H,9-11,19H2. The van der Waals surface area contributed by atoms with Crippen molar-refractivity contribution in [3.8, 4) is 0 Å². The lowest BCUT2D eigenvalue weighted by molar-refractivity contribution is 0.107. The molecule has 4 heteroatoms. The molecule has 3 rings (SSSR count). The van der Waals surface area contributed by atoms with E-state index in [0.717, 1.165) is 10.0 Å². The van der Waals surface area contributed by atoms with Crippen LogP contribution in [0.1, 0.15) is 16.0 Å². The summed E-state index contributed by atoms with van der Waals surface area (Å²) in [4.78, 5) is 1.21. The largest absolute Gasteiger partial charge is 0.372 e. The van der Waals surface area contributed by atoms with Crippen LogP contribution in [-0.4, -0.2) is 0 Å². The minimum Gasteiger partial charge on any atom is -0.372 e. The summed E-state index contributed by atoms with van der Waals surface area (Å²) in [5, 5.41) is 1.26. The van der Waals surface area contributed by atoms with Crippen LogP contribution in [0, 0.1) is 0 Å². The molecule has 1 heterocycles. The fourth-order valence-electron chi connectivity index (χ4n) is 2.35. The highest BCUT2D eigenvalue weighted by Crippen LogP contribution is 2.31. The first-order chi connectivity index (χ1) is 10.3. The van der Waals surface area contributed by atoms with Gasteiger partial charge in [0.25, 0.3) is 0 Å². The number of hydrogen-bond donors (Lipinski definition) is 1. The molecule has 0 aliphatic rings. The second-order valence-electron chi connectivity index (χ2n) is 4.79. The van der Waals surface area contributed by atoms with Crippen molar-refractivity contribution in [3.05, 3.63) is 69.0 Å². The Labute approximate surface area is 136 Å². The van der Waals surface area contributed by atoms with Crippen molar-refractivity contribution in [1.82, 2.24) is 0 Å². The van der Waals surface area contributed by atoms with E-state index in [0.29, 0.717) is 19.8 Å². The van der Waals surface area contributed by atoms with E-state index in [1.54, 1.807) is 11.3 Å². The van der Waals surface area contributed by atoms with Gasteiger partial charge in [0.2, 0.25) is 0 Å². The lowest BCUT2D eigenvalue weighted by Gasteiger charge is -2.07. The van der Waals surface area contributed by atoms with Crippen molar-refractivity contribution >= 4 is 37.4 Å². The molecule has 0 radical (unpaired) electrons. The zero-order chi connectivity index (χ0) is 14.7. The lowest BCUT2D eigenvalue weighted by Crippen LogP contribution is -2.00. The molecule has 0 aliphatic heterocycles. The third kappa shape index (κ3) is 3.19. The molecule has 21 heavy (non-hydrogen) atoms. The molecular formula is C17H16BrNOS. The van der Waals surface area contributed by atoms with Crippen LogP contribution in [0.4, 0.5) is 0 Å². The van der Waals surface area contributed by atoms with Gasteiger partial charge in [0, 0.05) is 26.2 Å². The van der Waals surface area contributed by atoms with Crippen molar-refractivity contribution in [2.75, 3.05) is 0 Å². The van der Waals surface area contributed by atoms with Crippen LogP contribution in [0.3, 0.4) is 0 Å². The summed E-state index contributed by atoms with van der Waals surface area (Å²) in [5.74, 6) is 0. The van der Waals surface area contributed by atoms with Crippen molar-refractivity contribution < 1.29 is 4.74 Å². The van der Waals surface area contributed by atoms with E-state index < -0.39 is 0 Å². The van der Waals surface area contributed by atoms with Gasteiger partial charge in [0.1, 0.15) is 0 Å². The topological polar surface area (TPSA) is 35.2 Å². The van der Waals surface area contributed by atoms with Crippen molar-refractivity contribution in [3.63, 3.8) is 0 Å². The van der Waals surface area contributed by atoms with E-state index in [1.165, 1.54) is 20.5 Å². The molecule has 0 spiro atoms. The van der Waals surface area contributed by atoms with Crippen LogP contribution in [0.2, 0.25) is 0 Å². The normalized spacial score (nSPS) is 11.1. The maximum absolute atomic E-state index is 5.92. The second kappa shape index (κ2) is 6.71. The molecule has 0 saturated heterocycles. The van der Waals surface area contributed by atoms with Crippen molar-refractivity contribution in [2.24, 2.45) is 5.73 Å². The first-order valence-electron chi connectivity index (χ1n) is 6.80. The van der Waals surface area contributed by atoms with E-state index >= 15 is 0 Å². The van der Waals surface area contributed by atoms with Crippen molar-refractivity contribution in [2.45, 2.75) is 19.8 Å². The number of fused-ring (bicyclic) bond motifs is 1. The first kappa shape index (κ1) is 14.7.